The maximum atomic E-state index is 11.4. The highest BCUT2D eigenvalue weighted by Gasteiger charge is 2.21. The first-order valence-corrected chi connectivity index (χ1v) is 7.64. The molecule has 1 heterocycles. The van der Waals surface area contributed by atoms with Crippen LogP contribution in [0.25, 0.3) is 0 Å². The van der Waals surface area contributed by atoms with Crippen LogP contribution in [0, 0.1) is 0 Å². The molecule has 0 saturated carbocycles. The molecule has 0 unspecified atom stereocenters. The first kappa shape index (κ1) is 13.4. The molecule has 0 spiro atoms. The van der Waals surface area contributed by atoms with Crippen LogP contribution in [0.15, 0.2) is 18.2 Å². The van der Waals surface area contributed by atoms with E-state index in [1.54, 1.807) is 7.11 Å². The number of rotatable bonds is 3. The van der Waals surface area contributed by atoms with Gasteiger partial charge < -0.3 is 15.4 Å². The number of benzene rings is 1. The van der Waals surface area contributed by atoms with Crippen LogP contribution in [0.4, 0.5) is 5.69 Å². The number of nitrogens with two attached hydrogens (primary N) is 1. The van der Waals surface area contributed by atoms with Gasteiger partial charge in [-0.2, -0.15) is 0 Å². The lowest BCUT2D eigenvalue weighted by Crippen LogP contribution is -2.38. The molecule has 0 aromatic heterocycles. The van der Waals surface area contributed by atoms with Gasteiger partial charge in [-0.3, -0.25) is 4.21 Å². The highest BCUT2D eigenvalue weighted by Crippen LogP contribution is 2.34. The zero-order valence-electron chi connectivity index (χ0n) is 10.9. The second kappa shape index (κ2) is 5.71. The minimum atomic E-state index is -0.663. The Bertz CT molecular complexity index is 439. The van der Waals surface area contributed by atoms with Gasteiger partial charge in [-0.25, -0.2) is 0 Å². The Hall–Kier alpha value is -1.07. The molecule has 0 radical (unpaired) electrons. The summed E-state index contributed by atoms with van der Waals surface area (Å²) in [6.07, 6.45) is 0. The van der Waals surface area contributed by atoms with Crippen LogP contribution >= 0.6 is 0 Å². The van der Waals surface area contributed by atoms with E-state index in [4.69, 9.17) is 10.5 Å². The first-order valence-electron chi connectivity index (χ1n) is 6.16. The second-order valence-corrected chi connectivity index (χ2v) is 6.21. The molecule has 2 rings (SSSR count). The van der Waals surface area contributed by atoms with Crippen molar-refractivity contribution in [2.24, 2.45) is 5.73 Å². The molecule has 1 saturated heterocycles. The fourth-order valence-corrected chi connectivity index (χ4v) is 3.37. The van der Waals surface area contributed by atoms with Gasteiger partial charge in [0.25, 0.3) is 0 Å². The maximum absolute atomic E-state index is 11.4. The normalized spacial score (nSPS) is 18.7. The highest BCUT2D eigenvalue weighted by molar-refractivity contribution is 7.85. The summed E-state index contributed by atoms with van der Waals surface area (Å²) in [6, 6.07) is 5.90. The van der Waals surface area contributed by atoms with Crippen LogP contribution in [0.3, 0.4) is 0 Å². The molecule has 18 heavy (non-hydrogen) atoms. The zero-order chi connectivity index (χ0) is 13.1. The summed E-state index contributed by atoms with van der Waals surface area (Å²) in [5, 5.41) is 0. The van der Waals surface area contributed by atoms with Crippen molar-refractivity contribution in [1.82, 2.24) is 0 Å². The van der Waals surface area contributed by atoms with Gasteiger partial charge >= 0.3 is 0 Å². The number of ether oxygens (including phenoxy) is 1. The molecule has 1 aromatic rings. The quantitative estimate of drug-likeness (QED) is 0.897. The molecule has 2 N–H and O–H groups in total. The molecule has 5 heteroatoms. The molecule has 1 aliphatic rings. The van der Waals surface area contributed by atoms with E-state index in [9.17, 15) is 4.21 Å². The smallest absolute Gasteiger partial charge is 0.125 e. The van der Waals surface area contributed by atoms with Crippen molar-refractivity contribution in [2.45, 2.75) is 13.0 Å². The van der Waals surface area contributed by atoms with Gasteiger partial charge in [-0.1, -0.05) is 6.07 Å². The fraction of sp³-hybridized carbons (Fsp3) is 0.538. The van der Waals surface area contributed by atoms with Crippen molar-refractivity contribution in [3.8, 4) is 5.75 Å². The summed E-state index contributed by atoms with van der Waals surface area (Å²) in [5.41, 5.74) is 8.21. The first-order chi connectivity index (χ1) is 8.63. The third kappa shape index (κ3) is 2.67. The third-order valence-corrected chi connectivity index (χ3v) is 4.51. The number of nitrogens with zero attached hydrogens (tertiary/aromatic N) is 1. The van der Waals surface area contributed by atoms with Gasteiger partial charge in [0, 0.05) is 52.7 Å². The van der Waals surface area contributed by atoms with E-state index in [0.29, 0.717) is 0 Å². The maximum Gasteiger partial charge on any atom is 0.125 e. The molecule has 1 aromatic carbocycles. The average molecular weight is 268 g/mol. The minimum absolute atomic E-state index is 0.0800. The van der Waals surface area contributed by atoms with Gasteiger partial charge in [-0.15, -0.1) is 0 Å². The van der Waals surface area contributed by atoms with Gasteiger partial charge in [0.15, 0.2) is 0 Å². The molecular formula is C13H20N2O2S. The summed E-state index contributed by atoms with van der Waals surface area (Å²) < 4.78 is 16.8. The van der Waals surface area contributed by atoms with Crippen LogP contribution in [0.2, 0.25) is 0 Å². The van der Waals surface area contributed by atoms with E-state index in [1.807, 2.05) is 19.1 Å². The lowest BCUT2D eigenvalue weighted by atomic mass is 10.0. The van der Waals surface area contributed by atoms with Crippen LogP contribution in [0.1, 0.15) is 18.5 Å². The van der Waals surface area contributed by atoms with Gasteiger partial charge in [0.05, 0.1) is 7.11 Å². The number of anilines is 1. The van der Waals surface area contributed by atoms with Gasteiger partial charge in [0.2, 0.25) is 0 Å². The number of hydrogen-bond donors (Lipinski definition) is 1. The molecule has 4 nitrogen and oxygen atoms in total. The standard InChI is InChI=1S/C13H20N2O2S/c1-10(14)13-11(4-3-5-12(13)17-2)15-6-8-18(16)9-7-15/h3-5,10H,6-9,14H2,1-2H3/t10-/m1/s1. The summed E-state index contributed by atoms with van der Waals surface area (Å²) in [4.78, 5) is 2.25. The van der Waals surface area contributed by atoms with E-state index < -0.39 is 10.8 Å². The van der Waals surface area contributed by atoms with E-state index in [2.05, 4.69) is 11.0 Å². The summed E-state index contributed by atoms with van der Waals surface area (Å²) in [6.45, 7) is 3.60. The molecule has 1 fully saturated rings. The Balaban J connectivity index is 2.34. The van der Waals surface area contributed by atoms with Crippen LogP contribution < -0.4 is 15.4 Å². The lowest BCUT2D eigenvalue weighted by Gasteiger charge is -2.31. The molecule has 1 atom stereocenters. The molecule has 100 valence electrons. The Morgan fingerprint density at radius 2 is 2.06 bits per heavy atom. The predicted molar refractivity (Wildman–Crippen MR) is 75.7 cm³/mol. The Morgan fingerprint density at radius 1 is 1.39 bits per heavy atom. The Morgan fingerprint density at radius 3 is 2.61 bits per heavy atom. The van der Waals surface area contributed by atoms with Crippen molar-refractivity contribution in [3.63, 3.8) is 0 Å². The van der Waals surface area contributed by atoms with Crippen molar-refractivity contribution in [3.05, 3.63) is 23.8 Å². The van der Waals surface area contributed by atoms with Crippen LogP contribution in [0.5, 0.6) is 5.75 Å². The summed E-state index contributed by atoms with van der Waals surface area (Å²) in [5.74, 6) is 2.29. The molecule has 0 amide bonds. The van der Waals surface area contributed by atoms with Gasteiger partial charge in [0.1, 0.15) is 5.75 Å². The topological polar surface area (TPSA) is 55.6 Å². The largest absolute Gasteiger partial charge is 0.496 e. The molecule has 0 aliphatic carbocycles. The highest BCUT2D eigenvalue weighted by atomic mass is 32.2. The molecule has 1 aliphatic heterocycles. The third-order valence-electron chi connectivity index (χ3n) is 3.24. The number of hydrogen-bond acceptors (Lipinski definition) is 4. The van der Waals surface area contributed by atoms with Crippen molar-refractivity contribution < 1.29 is 8.95 Å². The van der Waals surface area contributed by atoms with E-state index >= 15 is 0 Å². The van der Waals surface area contributed by atoms with Crippen molar-refractivity contribution in [2.75, 3.05) is 36.6 Å². The van der Waals surface area contributed by atoms with E-state index in [1.165, 1.54) is 0 Å². The van der Waals surface area contributed by atoms with Crippen LogP contribution in [-0.4, -0.2) is 35.9 Å². The van der Waals surface area contributed by atoms with E-state index in [-0.39, 0.29) is 6.04 Å². The Labute approximate surface area is 111 Å². The lowest BCUT2D eigenvalue weighted by molar-refractivity contribution is 0.407. The second-order valence-electron chi connectivity index (χ2n) is 4.52. The number of methoxy groups -OCH3 is 1. The van der Waals surface area contributed by atoms with Crippen LogP contribution in [-0.2, 0) is 10.8 Å². The van der Waals surface area contributed by atoms with Crippen molar-refractivity contribution in [1.29, 1.82) is 0 Å². The summed E-state index contributed by atoms with van der Waals surface area (Å²) >= 11 is 0. The predicted octanol–water partition coefficient (Wildman–Crippen LogP) is 1.28. The van der Waals surface area contributed by atoms with E-state index in [0.717, 1.165) is 41.6 Å². The summed E-state index contributed by atoms with van der Waals surface area (Å²) in [7, 11) is 1.000. The zero-order valence-corrected chi connectivity index (χ0v) is 11.7. The molecule has 0 bridgehead atoms. The minimum Gasteiger partial charge on any atom is -0.496 e. The molecular weight excluding hydrogens is 248 g/mol. The average Bonchev–Trinajstić information content (AvgIpc) is 2.38. The van der Waals surface area contributed by atoms with Crippen molar-refractivity contribution >= 4 is 16.5 Å². The Kier molecular flexibility index (Phi) is 4.24. The van der Waals surface area contributed by atoms with Gasteiger partial charge in [-0.05, 0) is 19.1 Å². The fourth-order valence-electron chi connectivity index (χ4n) is 2.32. The SMILES string of the molecule is COc1cccc(N2CCS(=O)CC2)c1[C@@H](C)N. The monoisotopic (exact) mass is 268 g/mol.